The van der Waals surface area contributed by atoms with E-state index in [9.17, 15) is 9.18 Å². The molecule has 86 valence electrons. The molecule has 0 aliphatic carbocycles. The van der Waals surface area contributed by atoms with E-state index in [1.165, 1.54) is 25.3 Å². The largest absolute Gasteiger partial charge is 0.465 e. The molecule has 0 bridgehead atoms. The number of allylic oxidation sites excluding steroid dienone is 1. The van der Waals surface area contributed by atoms with Crippen LogP contribution in [0.3, 0.4) is 0 Å². The smallest absolute Gasteiger partial charge is 0.337 e. The first kappa shape index (κ1) is 12.8. The molecule has 1 aromatic carbocycles. The zero-order chi connectivity index (χ0) is 12.0. The minimum absolute atomic E-state index is 0.342. The van der Waals surface area contributed by atoms with Gasteiger partial charge in [0.05, 0.1) is 12.7 Å². The zero-order valence-electron chi connectivity index (χ0n) is 8.94. The third kappa shape index (κ3) is 3.38. The van der Waals surface area contributed by atoms with E-state index < -0.39 is 5.97 Å². The molecular weight excluding hydrogens is 227 g/mol. The van der Waals surface area contributed by atoms with Crippen LogP contribution in [-0.2, 0) is 4.74 Å². The molecule has 1 aromatic rings. The topological polar surface area (TPSA) is 26.3 Å². The molecule has 0 fully saturated rings. The lowest BCUT2D eigenvalue weighted by atomic mass is 10.1. The number of benzene rings is 1. The second-order valence-electron chi connectivity index (χ2n) is 3.14. The molecule has 2 nitrogen and oxygen atoms in total. The summed E-state index contributed by atoms with van der Waals surface area (Å²) in [6.07, 6.45) is 4.20. The molecule has 4 heteroatoms. The highest BCUT2D eigenvalue weighted by Crippen LogP contribution is 2.13. The summed E-state index contributed by atoms with van der Waals surface area (Å²) in [5.74, 6) is -0.124. The van der Waals surface area contributed by atoms with Crippen molar-refractivity contribution in [1.82, 2.24) is 0 Å². The first-order valence-electron chi connectivity index (χ1n) is 4.84. The van der Waals surface area contributed by atoms with Gasteiger partial charge in [0.25, 0.3) is 0 Å². The highest BCUT2D eigenvalue weighted by atomic mass is 32.1. The molecule has 0 unspecified atom stereocenters. The van der Waals surface area contributed by atoms with Crippen molar-refractivity contribution in [3.63, 3.8) is 0 Å². The summed E-state index contributed by atoms with van der Waals surface area (Å²) in [5, 5.41) is 0. The summed E-state index contributed by atoms with van der Waals surface area (Å²) in [4.78, 5) is 11.2. The molecule has 0 saturated heterocycles. The van der Waals surface area contributed by atoms with Gasteiger partial charge >= 0.3 is 5.97 Å². The van der Waals surface area contributed by atoms with Gasteiger partial charge in [0, 0.05) is 5.56 Å². The Morgan fingerprint density at radius 1 is 1.56 bits per heavy atom. The molecule has 1 rings (SSSR count). The van der Waals surface area contributed by atoms with Gasteiger partial charge in [0.1, 0.15) is 5.82 Å². The van der Waals surface area contributed by atoms with Gasteiger partial charge in [-0.3, -0.25) is 0 Å². The van der Waals surface area contributed by atoms with E-state index in [0.29, 0.717) is 16.9 Å². The van der Waals surface area contributed by atoms with Crippen LogP contribution in [0, 0.1) is 5.82 Å². The molecular formula is C12H13FO2S. The number of ether oxygens (including phenoxy) is 1. The molecule has 0 heterocycles. The molecule has 0 aromatic heterocycles. The average Bonchev–Trinajstić information content (AvgIpc) is 2.31. The van der Waals surface area contributed by atoms with Crippen molar-refractivity contribution >= 4 is 24.7 Å². The minimum atomic E-state index is -0.469. The van der Waals surface area contributed by atoms with Gasteiger partial charge in [-0.1, -0.05) is 12.2 Å². The van der Waals surface area contributed by atoms with Crippen LogP contribution in [0.15, 0.2) is 24.3 Å². The number of esters is 1. The molecule has 0 saturated carbocycles. The van der Waals surface area contributed by atoms with Crippen molar-refractivity contribution in [2.45, 2.75) is 6.42 Å². The number of carbonyl (C=O) groups is 1. The van der Waals surface area contributed by atoms with E-state index >= 15 is 0 Å². The summed E-state index contributed by atoms with van der Waals surface area (Å²) in [5.41, 5.74) is 0.721. The Labute approximate surface area is 99.5 Å². The van der Waals surface area contributed by atoms with Gasteiger partial charge in [0.15, 0.2) is 0 Å². The van der Waals surface area contributed by atoms with Crippen LogP contribution in [-0.4, -0.2) is 18.8 Å². The van der Waals surface area contributed by atoms with Gasteiger partial charge in [-0.25, -0.2) is 9.18 Å². The van der Waals surface area contributed by atoms with Gasteiger partial charge < -0.3 is 4.74 Å². The molecule has 16 heavy (non-hydrogen) atoms. The fraction of sp³-hybridized carbons (Fsp3) is 0.250. The number of hydrogen-bond donors (Lipinski definition) is 1. The van der Waals surface area contributed by atoms with Crippen LogP contribution in [0.1, 0.15) is 22.3 Å². The standard InChI is InChI=1S/C12H13FO2S/c1-15-12(14)10-5-6-11(13)9(8-10)4-2-3-7-16/h2,4-6,8,16H,3,7H2,1H3. The Hall–Kier alpha value is -1.29. The Morgan fingerprint density at radius 3 is 2.94 bits per heavy atom. The Kier molecular flexibility index (Phi) is 5.05. The maximum absolute atomic E-state index is 13.3. The first-order chi connectivity index (χ1) is 7.69. The first-order valence-corrected chi connectivity index (χ1v) is 5.47. The van der Waals surface area contributed by atoms with Gasteiger partial charge in [-0.15, -0.1) is 0 Å². The Balaban J connectivity index is 2.94. The SMILES string of the molecule is COC(=O)c1ccc(F)c(C=CCCS)c1. The quantitative estimate of drug-likeness (QED) is 0.647. The molecule has 0 spiro atoms. The molecule has 0 aliphatic rings. The third-order valence-corrected chi connectivity index (χ3v) is 2.27. The normalized spacial score (nSPS) is 10.7. The summed E-state index contributed by atoms with van der Waals surface area (Å²) in [6, 6.07) is 4.12. The van der Waals surface area contributed by atoms with Crippen molar-refractivity contribution in [2.24, 2.45) is 0 Å². The van der Waals surface area contributed by atoms with Crippen LogP contribution in [0.25, 0.3) is 6.08 Å². The van der Waals surface area contributed by atoms with E-state index in [1.54, 1.807) is 6.08 Å². The highest BCUT2D eigenvalue weighted by Gasteiger charge is 2.07. The van der Waals surface area contributed by atoms with Crippen molar-refractivity contribution in [2.75, 3.05) is 12.9 Å². The van der Waals surface area contributed by atoms with Crippen molar-refractivity contribution < 1.29 is 13.9 Å². The second-order valence-corrected chi connectivity index (χ2v) is 3.59. The van der Waals surface area contributed by atoms with Gasteiger partial charge in [-0.2, -0.15) is 12.6 Å². The van der Waals surface area contributed by atoms with Crippen molar-refractivity contribution in [3.8, 4) is 0 Å². The lowest BCUT2D eigenvalue weighted by molar-refractivity contribution is 0.0600. The van der Waals surface area contributed by atoms with Gasteiger partial charge in [0.2, 0.25) is 0 Å². The molecule has 0 N–H and O–H groups in total. The minimum Gasteiger partial charge on any atom is -0.465 e. The number of hydrogen-bond acceptors (Lipinski definition) is 3. The summed E-state index contributed by atoms with van der Waals surface area (Å²) in [7, 11) is 1.29. The van der Waals surface area contributed by atoms with E-state index in [2.05, 4.69) is 17.4 Å². The second kappa shape index (κ2) is 6.33. The van der Waals surface area contributed by atoms with Crippen molar-refractivity contribution in [1.29, 1.82) is 0 Å². The van der Waals surface area contributed by atoms with Crippen LogP contribution < -0.4 is 0 Å². The van der Waals surface area contributed by atoms with E-state index in [4.69, 9.17) is 0 Å². The summed E-state index contributed by atoms with van der Waals surface area (Å²) in [6.45, 7) is 0. The number of methoxy groups -OCH3 is 1. The molecule has 0 amide bonds. The third-order valence-electron chi connectivity index (χ3n) is 2.01. The van der Waals surface area contributed by atoms with E-state index in [-0.39, 0.29) is 5.82 Å². The number of carbonyl (C=O) groups excluding carboxylic acids is 1. The fourth-order valence-corrected chi connectivity index (χ4v) is 1.35. The van der Waals surface area contributed by atoms with Crippen molar-refractivity contribution in [3.05, 3.63) is 41.2 Å². The maximum Gasteiger partial charge on any atom is 0.337 e. The fourth-order valence-electron chi connectivity index (χ4n) is 1.20. The molecule has 0 radical (unpaired) electrons. The lowest BCUT2D eigenvalue weighted by Gasteiger charge is -2.01. The Bertz CT molecular complexity index is 402. The summed E-state index contributed by atoms with van der Waals surface area (Å²) < 4.78 is 17.9. The van der Waals surface area contributed by atoms with Crippen LogP contribution >= 0.6 is 12.6 Å². The van der Waals surface area contributed by atoms with Crippen LogP contribution in [0.5, 0.6) is 0 Å². The maximum atomic E-state index is 13.3. The predicted octanol–water partition coefficient (Wildman–Crippen LogP) is 2.95. The highest BCUT2D eigenvalue weighted by molar-refractivity contribution is 7.80. The van der Waals surface area contributed by atoms with E-state index in [0.717, 1.165) is 6.42 Å². The van der Waals surface area contributed by atoms with Gasteiger partial charge in [-0.05, 0) is 30.4 Å². The van der Waals surface area contributed by atoms with Crippen LogP contribution in [0.4, 0.5) is 4.39 Å². The monoisotopic (exact) mass is 240 g/mol. The zero-order valence-corrected chi connectivity index (χ0v) is 9.84. The average molecular weight is 240 g/mol. The Morgan fingerprint density at radius 2 is 2.31 bits per heavy atom. The summed E-state index contributed by atoms with van der Waals surface area (Å²) >= 11 is 4.04. The number of rotatable bonds is 4. The molecule has 0 aliphatic heterocycles. The number of thiol groups is 1. The molecule has 0 atom stereocenters. The predicted molar refractivity (Wildman–Crippen MR) is 65.2 cm³/mol. The number of halogens is 1. The van der Waals surface area contributed by atoms with E-state index in [1.807, 2.05) is 6.08 Å². The lowest BCUT2D eigenvalue weighted by Crippen LogP contribution is -2.01. The van der Waals surface area contributed by atoms with Crippen LogP contribution in [0.2, 0.25) is 0 Å².